The van der Waals surface area contributed by atoms with Crippen molar-refractivity contribution >= 4 is 21.6 Å². The number of nitrogens with one attached hydrogen (secondary N) is 1. The highest BCUT2D eigenvalue weighted by Gasteiger charge is 2.20. The molecule has 2 aromatic rings. The zero-order chi connectivity index (χ0) is 14.1. The number of rotatable bonds is 2. The summed E-state index contributed by atoms with van der Waals surface area (Å²) < 4.78 is 19.3. The van der Waals surface area contributed by atoms with Gasteiger partial charge in [-0.3, -0.25) is 0 Å². The van der Waals surface area contributed by atoms with Crippen LogP contribution in [0, 0.1) is 5.82 Å². The van der Waals surface area contributed by atoms with Gasteiger partial charge in [-0.2, -0.15) is 0 Å². The van der Waals surface area contributed by atoms with Gasteiger partial charge in [0.2, 0.25) is 0 Å². The van der Waals surface area contributed by atoms with Crippen molar-refractivity contribution in [2.45, 2.75) is 18.9 Å². The molecule has 3 rings (SSSR count). The molecule has 20 heavy (non-hydrogen) atoms. The van der Waals surface area contributed by atoms with Gasteiger partial charge in [0, 0.05) is 11.8 Å². The van der Waals surface area contributed by atoms with Crippen LogP contribution in [0.15, 0.2) is 40.9 Å². The predicted molar refractivity (Wildman–Crippen MR) is 81.8 cm³/mol. The zero-order valence-corrected chi connectivity index (χ0v) is 12.7. The Morgan fingerprint density at radius 1 is 1.25 bits per heavy atom. The molecule has 1 atom stereocenters. The summed E-state index contributed by atoms with van der Waals surface area (Å²) in [7, 11) is 1.66. The largest absolute Gasteiger partial charge is 0.495 e. The van der Waals surface area contributed by atoms with E-state index < -0.39 is 0 Å². The van der Waals surface area contributed by atoms with Gasteiger partial charge in [0.1, 0.15) is 11.6 Å². The maximum absolute atomic E-state index is 13.0. The highest BCUT2D eigenvalue weighted by molar-refractivity contribution is 9.10. The fourth-order valence-corrected chi connectivity index (χ4v) is 3.15. The molecule has 0 aromatic heterocycles. The molecule has 1 unspecified atom stereocenters. The Labute approximate surface area is 126 Å². The summed E-state index contributed by atoms with van der Waals surface area (Å²) in [6, 6.07) is 11.0. The summed E-state index contributed by atoms with van der Waals surface area (Å²) in [6.45, 7) is 0. The highest BCUT2D eigenvalue weighted by Crippen LogP contribution is 2.38. The van der Waals surface area contributed by atoms with E-state index in [-0.39, 0.29) is 11.9 Å². The van der Waals surface area contributed by atoms with Crippen LogP contribution < -0.4 is 10.1 Å². The molecule has 1 aliphatic rings. The van der Waals surface area contributed by atoms with Crippen molar-refractivity contribution in [2.75, 3.05) is 12.4 Å². The van der Waals surface area contributed by atoms with Gasteiger partial charge in [0.25, 0.3) is 0 Å². The van der Waals surface area contributed by atoms with Gasteiger partial charge in [0.05, 0.1) is 17.6 Å². The molecule has 0 saturated heterocycles. The minimum Gasteiger partial charge on any atom is -0.495 e. The summed E-state index contributed by atoms with van der Waals surface area (Å²) in [5, 5.41) is 3.51. The Morgan fingerprint density at radius 3 is 2.70 bits per heavy atom. The maximum Gasteiger partial charge on any atom is 0.135 e. The third-order valence-corrected chi connectivity index (χ3v) is 4.30. The van der Waals surface area contributed by atoms with E-state index in [0.717, 1.165) is 34.3 Å². The Balaban J connectivity index is 1.89. The smallest absolute Gasteiger partial charge is 0.135 e. The topological polar surface area (TPSA) is 21.3 Å². The molecule has 0 bridgehead atoms. The van der Waals surface area contributed by atoms with E-state index in [1.54, 1.807) is 7.11 Å². The second kappa shape index (κ2) is 5.44. The molecule has 0 saturated carbocycles. The monoisotopic (exact) mass is 335 g/mol. The molecular formula is C16H15BrFNO. The summed E-state index contributed by atoms with van der Waals surface area (Å²) >= 11 is 3.51. The van der Waals surface area contributed by atoms with Crippen molar-refractivity contribution in [1.29, 1.82) is 0 Å². The third kappa shape index (κ3) is 2.52. The van der Waals surface area contributed by atoms with Gasteiger partial charge in [0.15, 0.2) is 0 Å². The van der Waals surface area contributed by atoms with Gasteiger partial charge in [-0.05, 0) is 58.1 Å². The van der Waals surface area contributed by atoms with E-state index in [1.807, 2.05) is 18.2 Å². The SMILES string of the molecule is COc1cc2c(cc1Br)CCC(c1ccc(F)cc1)N2. The second-order valence-corrected chi connectivity index (χ2v) is 5.79. The van der Waals surface area contributed by atoms with Crippen molar-refractivity contribution in [2.24, 2.45) is 0 Å². The maximum atomic E-state index is 13.0. The van der Waals surface area contributed by atoms with Crippen LogP contribution in [-0.2, 0) is 6.42 Å². The average molecular weight is 336 g/mol. The van der Waals surface area contributed by atoms with Crippen molar-refractivity contribution < 1.29 is 9.13 Å². The number of fused-ring (bicyclic) bond motifs is 1. The van der Waals surface area contributed by atoms with Crippen molar-refractivity contribution in [1.82, 2.24) is 0 Å². The first-order chi connectivity index (χ1) is 9.67. The molecule has 0 amide bonds. The van der Waals surface area contributed by atoms with Crippen molar-refractivity contribution in [3.8, 4) is 5.75 Å². The molecule has 0 radical (unpaired) electrons. The van der Waals surface area contributed by atoms with E-state index in [9.17, 15) is 4.39 Å². The number of aryl methyl sites for hydroxylation is 1. The molecule has 1 N–H and O–H groups in total. The van der Waals surface area contributed by atoms with Gasteiger partial charge >= 0.3 is 0 Å². The lowest BCUT2D eigenvalue weighted by Gasteiger charge is -2.28. The number of benzene rings is 2. The van der Waals surface area contributed by atoms with Crippen LogP contribution in [0.1, 0.15) is 23.6 Å². The molecule has 2 aromatic carbocycles. The molecular weight excluding hydrogens is 321 g/mol. The molecule has 1 heterocycles. The molecule has 4 heteroatoms. The van der Waals surface area contributed by atoms with Crippen LogP contribution in [0.2, 0.25) is 0 Å². The van der Waals surface area contributed by atoms with Crippen molar-refractivity contribution in [3.63, 3.8) is 0 Å². The Morgan fingerprint density at radius 2 is 2.00 bits per heavy atom. The Kier molecular flexibility index (Phi) is 3.66. The fraction of sp³-hybridized carbons (Fsp3) is 0.250. The van der Waals surface area contributed by atoms with Gasteiger partial charge < -0.3 is 10.1 Å². The standard InChI is InChI=1S/C16H15BrFNO/c1-20-16-9-15-11(8-13(16)17)4-7-14(19-15)10-2-5-12(18)6-3-10/h2-3,5-6,8-9,14,19H,4,7H2,1H3. The molecule has 0 spiro atoms. The van der Waals surface area contributed by atoms with Gasteiger partial charge in [-0.25, -0.2) is 4.39 Å². The van der Waals surface area contributed by atoms with Crippen molar-refractivity contribution in [3.05, 3.63) is 57.8 Å². The summed E-state index contributed by atoms with van der Waals surface area (Å²) in [5.41, 5.74) is 3.47. The number of methoxy groups -OCH3 is 1. The zero-order valence-electron chi connectivity index (χ0n) is 11.1. The number of hydrogen-bond acceptors (Lipinski definition) is 2. The first-order valence-corrected chi connectivity index (χ1v) is 7.35. The number of ether oxygens (including phenoxy) is 1. The first kappa shape index (κ1) is 13.4. The lowest BCUT2D eigenvalue weighted by molar-refractivity contribution is 0.412. The normalized spacial score (nSPS) is 17.2. The third-order valence-electron chi connectivity index (χ3n) is 3.68. The minimum atomic E-state index is -0.199. The van der Waals surface area contributed by atoms with E-state index in [0.29, 0.717) is 0 Å². The van der Waals surface area contributed by atoms with E-state index in [1.165, 1.54) is 17.7 Å². The first-order valence-electron chi connectivity index (χ1n) is 6.56. The quantitative estimate of drug-likeness (QED) is 0.859. The van der Waals surface area contributed by atoms with Crippen LogP contribution in [0.3, 0.4) is 0 Å². The summed E-state index contributed by atoms with van der Waals surface area (Å²) in [4.78, 5) is 0. The predicted octanol–water partition coefficient (Wildman–Crippen LogP) is 4.70. The van der Waals surface area contributed by atoms with E-state index >= 15 is 0 Å². The molecule has 0 aliphatic carbocycles. The Hall–Kier alpha value is -1.55. The fourth-order valence-electron chi connectivity index (χ4n) is 2.60. The van der Waals surface area contributed by atoms with Gasteiger partial charge in [-0.1, -0.05) is 12.1 Å². The Bertz CT molecular complexity index is 627. The second-order valence-electron chi connectivity index (χ2n) is 4.93. The summed E-state index contributed by atoms with van der Waals surface area (Å²) in [5.74, 6) is 0.617. The molecule has 1 aliphatic heterocycles. The van der Waals surface area contributed by atoms with Crippen LogP contribution in [0.4, 0.5) is 10.1 Å². The lowest BCUT2D eigenvalue weighted by atomic mass is 9.93. The molecule has 0 fully saturated rings. The van der Waals surface area contributed by atoms with Crippen LogP contribution in [0.25, 0.3) is 0 Å². The highest BCUT2D eigenvalue weighted by atomic mass is 79.9. The number of hydrogen-bond donors (Lipinski definition) is 1. The minimum absolute atomic E-state index is 0.199. The summed E-state index contributed by atoms with van der Waals surface area (Å²) in [6.07, 6.45) is 1.99. The number of halogens is 2. The lowest BCUT2D eigenvalue weighted by Crippen LogP contribution is -2.18. The number of anilines is 1. The van der Waals surface area contributed by atoms with Crippen LogP contribution in [0.5, 0.6) is 5.75 Å². The van der Waals surface area contributed by atoms with E-state index in [4.69, 9.17) is 4.74 Å². The molecule has 104 valence electrons. The van der Waals surface area contributed by atoms with Gasteiger partial charge in [-0.15, -0.1) is 0 Å². The van der Waals surface area contributed by atoms with Crippen LogP contribution >= 0.6 is 15.9 Å². The van der Waals surface area contributed by atoms with E-state index in [2.05, 4.69) is 27.3 Å². The molecule has 2 nitrogen and oxygen atoms in total. The van der Waals surface area contributed by atoms with Crippen LogP contribution in [-0.4, -0.2) is 7.11 Å². The average Bonchev–Trinajstić information content (AvgIpc) is 2.47.